The number of nitrogens with zero attached hydrogens (tertiary/aromatic N) is 1. The topological polar surface area (TPSA) is 98.1 Å². The molecule has 3 atom stereocenters. The number of ether oxygens (including phenoxy) is 1. The molecular formula is C23H20ClF4N3O3. The third kappa shape index (κ3) is 3.79. The van der Waals surface area contributed by atoms with Crippen LogP contribution in [0.5, 0.6) is 5.75 Å². The zero-order valence-corrected chi connectivity index (χ0v) is 18.9. The van der Waals surface area contributed by atoms with Crippen LogP contribution in [0.3, 0.4) is 0 Å². The molecule has 2 unspecified atom stereocenters. The Labute approximate surface area is 196 Å². The number of carbonyl (C=O) groups excluding carboxylic acids is 1. The predicted octanol–water partition coefficient (Wildman–Crippen LogP) is 5.05. The summed E-state index contributed by atoms with van der Waals surface area (Å²) in [5.74, 6) is -3.33. The maximum Gasteiger partial charge on any atom is 0.394 e. The van der Waals surface area contributed by atoms with Crippen molar-refractivity contribution in [2.75, 3.05) is 7.11 Å². The summed E-state index contributed by atoms with van der Waals surface area (Å²) in [4.78, 5) is 31.5. The third-order valence-electron chi connectivity index (χ3n) is 6.59. The molecule has 0 spiro atoms. The van der Waals surface area contributed by atoms with Gasteiger partial charge in [0.05, 0.1) is 23.4 Å². The average Bonchev–Trinajstić information content (AvgIpc) is 3.13. The number of halogens is 5. The van der Waals surface area contributed by atoms with E-state index in [0.29, 0.717) is 5.56 Å². The number of benzene rings is 1. The van der Waals surface area contributed by atoms with Crippen molar-refractivity contribution in [2.45, 2.75) is 37.8 Å². The van der Waals surface area contributed by atoms with E-state index in [1.54, 1.807) is 0 Å². The van der Waals surface area contributed by atoms with Gasteiger partial charge in [-0.15, -0.1) is 0 Å². The molecule has 1 aromatic carbocycles. The number of nitrogens with two attached hydrogens (primary N) is 1. The van der Waals surface area contributed by atoms with Crippen molar-refractivity contribution in [1.82, 2.24) is 9.97 Å². The number of aromatic amines is 1. The molecule has 2 aromatic heterocycles. The molecule has 0 radical (unpaired) electrons. The molecule has 3 aromatic rings. The van der Waals surface area contributed by atoms with Gasteiger partial charge in [0, 0.05) is 23.9 Å². The van der Waals surface area contributed by atoms with E-state index < -0.39 is 40.6 Å². The van der Waals surface area contributed by atoms with Gasteiger partial charge in [0.1, 0.15) is 22.3 Å². The van der Waals surface area contributed by atoms with Crippen molar-refractivity contribution < 1.29 is 27.1 Å². The average molecular weight is 498 g/mol. The number of carbonyl (C=O) groups is 1. The summed E-state index contributed by atoms with van der Waals surface area (Å²) >= 11 is 6.05. The Hall–Kier alpha value is -3.14. The molecular weight excluding hydrogens is 478 g/mol. The van der Waals surface area contributed by atoms with E-state index in [1.165, 1.54) is 25.4 Å². The molecule has 4 rings (SSSR count). The van der Waals surface area contributed by atoms with Crippen LogP contribution in [0.15, 0.2) is 35.3 Å². The Balaban J connectivity index is 1.93. The van der Waals surface area contributed by atoms with E-state index in [0.717, 1.165) is 19.1 Å². The van der Waals surface area contributed by atoms with Crippen molar-refractivity contribution in [3.8, 4) is 5.75 Å². The zero-order valence-electron chi connectivity index (χ0n) is 18.1. The maximum absolute atomic E-state index is 14.1. The number of H-pyrrole nitrogens is 1. The Morgan fingerprint density at radius 3 is 2.56 bits per heavy atom. The van der Waals surface area contributed by atoms with Crippen LogP contribution in [0.4, 0.5) is 17.6 Å². The highest BCUT2D eigenvalue weighted by Crippen LogP contribution is 2.61. The Morgan fingerprint density at radius 2 is 1.94 bits per heavy atom. The Morgan fingerprint density at radius 1 is 1.26 bits per heavy atom. The van der Waals surface area contributed by atoms with E-state index in [9.17, 15) is 27.2 Å². The summed E-state index contributed by atoms with van der Waals surface area (Å²) in [5.41, 5.74) is 3.15. The van der Waals surface area contributed by atoms with Crippen LogP contribution in [0.2, 0.25) is 5.02 Å². The van der Waals surface area contributed by atoms with Crippen LogP contribution in [0.1, 0.15) is 53.3 Å². The van der Waals surface area contributed by atoms with E-state index in [2.05, 4.69) is 9.97 Å². The van der Waals surface area contributed by atoms with Gasteiger partial charge in [0.25, 0.3) is 5.91 Å². The molecule has 0 aliphatic heterocycles. The summed E-state index contributed by atoms with van der Waals surface area (Å²) in [5, 5.41) is -0.377. The molecule has 1 saturated carbocycles. The number of nitrogens with one attached hydrogen (secondary N) is 1. The fourth-order valence-electron chi connectivity index (χ4n) is 4.88. The number of fused-ring (bicyclic) bond motifs is 1. The lowest BCUT2D eigenvalue weighted by molar-refractivity contribution is -0.216. The second-order valence-electron chi connectivity index (χ2n) is 8.70. The zero-order chi connectivity index (χ0) is 25.0. The minimum atomic E-state index is -4.53. The molecule has 1 aliphatic carbocycles. The highest BCUT2D eigenvalue weighted by molar-refractivity contribution is 6.32. The van der Waals surface area contributed by atoms with Crippen LogP contribution in [-0.2, 0) is 0 Å². The Kier molecular flexibility index (Phi) is 5.83. The van der Waals surface area contributed by atoms with Gasteiger partial charge in [-0.2, -0.15) is 13.2 Å². The number of aromatic nitrogens is 2. The summed E-state index contributed by atoms with van der Waals surface area (Å²) in [6.07, 6.45) is -3.93. The number of hydrogen-bond donors (Lipinski definition) is 2. The number of amides is 1. The fourth-order valence-corrected chi connectivity index (χ4v) is 5.13. The van der Waals surface area contributed by atoms with Crippen LogP contribution in [-0.4, -0.2) is 29.2 Å². The van der Waals surface area contributed by atoms with Gasteiger partial charge in [-0.25, -0.2) is 4.39 Å². The molecule has 180 valence electrons. The van der Waals surface area contributed by atoms with E-state index in [-0.39, 0.29) is 45.9 Å². The van der Waals surface area contributed by atoms with Crippen molar-refractivity contribution >= 4 is 28.4 Å². The first-order valence-electron chi connectivity index (χ1n) is 10.3. The minimum absolute atomic E-state index is 0.0470. The lowest BCUT2D eigenvalue weighted by Crippen LogP contribution is -2.32. The molecule has 2 heterocycles. The Bertz CT molecular complexity index is 1360. The monoisotopic (exact) mass is 497 g/mol. The van der Waals surface area contributed by atoms with Gasteiger partial charge in [-0.3, -0.25) is 14.6 Å². The van der Waals surface area contributed by atoms with Crippen molar-refractivity contribution in [3.05, 3.63) is 68.5 Å². The van der Waals surface area contributed by atoms with E-state index in [4.69, 9.17) is 22.1 Å². The van der Waals surface area contributed by atoms with Gasteiger partial charge in [0.2, 0.25) is 0 Å². The van der Waals surface area contributed by atoms with Crippen molar-refractivity contribution in [3.63, 3.8) is 0 Å². The number of rotatable bonds is 4. The first kappa shape index (κ1) is 24.0. The minimum Gasteiger partial charge on any atom is -0.495 e. The smallest absolute Gasteiger partial charge is 0.394 e. The first-order valence-corrected chi connectivity index (χ1v) is 10.7. The van der Waals surface area contributed by atoms with Crippen molar-refractivity contribution in [2.24, 2.45) is 11.1 Å². The van der Waals surface area contributed by atoms with Crippen LogP contribution >= 0.6 is 11.6 Å². The standard InChI is InChI=1S/C23H20ClF4N3O3/c1-22(23(26,27)28)8-11(10-3-4-13(25)18(24)20(10)34-2)12(9-22)15-7-16(32)17-14(31-15)5-6-30-19(17)21(29)33/h3-7,11-12H,8-9H2,1-2H3,(H2,29,33)(H,31,32)/t11?,12?,22-/m0/s1. The number of pyridine rings is 2. The molecule has 34 heavy (non-hydrogen) atoms. The summed E-state index contributed by atoms with van der Waals surface area (Å²) in [6.45, 7) is 1.12. The van der Waals surface area contributed by atoms with Gasteiger partial charge in [-0.1, -0.05) is 24.6 Å². The maximum atomic E-state index is 14.1. The SMILES string of the molecule is COc1c(C2C[C@](C)(C(F)(F)F)CC2c2cc(=O)c3c(C(N)=O)nccc3[nH]2)ccc(F)c1Cl. The normalized spacial score (nSPS) is 22.8. The lowest BCUT2D eigenvalue weighted by Gasteiger charge is -2.27. The molecule has 1 amide bonds. The third-order valence-corrected chi connectivity index (χ3v) is 6.94. The predicted molar refractivity (Wildman–Crippen MR) is 118 cm³/mol. The molecule has 3 N–H and O–H groups in total. The van der Waals surface area contributed by atoms with E-state index in [1.807, 2.05) is 0 Å². The quantitative estimate of drug-likeness (QED) is 0.493. The second kappa shape index (κ2) is 8.26. The summed E-state index contributed by atoms with van der Waals surface area (Å²) < 4.78 is 61.5. The number of alkyl halides is 3. The molecule has 0 saturated heterocycles. The largest absolute Gasteiger partial charge is 0.495 e. The van der Waals surface area contributed by atoms with Crippen LogP contribution in [0.25, 0.3) is 10.9 Å². The molecule has 11 heteroatoms. The van der Waals surface area contributed by atoms with Crippen LogP contribution in [0, 0.1) is 11.2 Å². The number of methoxy groups -OCH3 is 1. The highest BCUT2D eigenvalue weighted by Gasteiger charge is 2.58. The number of hydrogen-bond acceptors (Lipinski definition) is 4. The van der Waals surface area contributed by atoms with E-state index >= 15 is 0 Å². The summed E-state index contributed by atoms with van der Waals surface area (Å²) in [6, 6.07) is 5.03. The first-order chi connectivity index (χ1) is 15.9. The van der Waals surface area contributed by atoms with Crippen LogP contribution < -0.4 is 15.9 Å². The van der Waals surface area contributed by atoms with Gasteiger partial charge in [0.15, 0.2) is 5.43 Å². The molecule has 1 aliphatic rings. The van der Waals surface area contributed by atoms with Crippen molar-refractivity contribution in [1.29, 1.82) is 0 Å². The summed E-state index contributed by atoms with van der Waals surface area (Å²) in [7, 11) is 1.26. The fraction of sp³-hybridized carbons (Fsp3) is 0.348. The van der Waals surface area contributed by atoms with Gasteiger partial charge < -0.3 is 15.5 Å². The highest BCUT2D eigenvalue weighted by atomic mass is 35.5. The molecule has 6 nitrogen and oxygen atoms in total. The van der Waals surface area contributed by atoms with Gasteiger partial charge in [-0.05, 0) is 36.5 Å². The number of primary amides is 1. The molecule has 1 fully saturated rings. The van der Waals surface area contributed by atoms with Gasteiger partial charge >= 0.3 is 6.18 Å². The lowest BCUT2D eigenvalue weighted by atomic mass is 9.85. The molecule has 0 bridgehead atoms. The second-order valence-corrected chi connectivity index (χ2v) is 9.08.